The van der Waals surface area contributed by atoms with Gasteiger partial charge in [-0.3, -0.25) is 4.79 Å². The van der Waals surface area contributed by atoms with Crippen LogP contribution in [0, 0.1) is 0 Å². The molecule has 0 radical (unpaired) electrons. The highest BCUT2D eigenvalue weighted by atomic mass is 35.5. The Hall–Kier alpha value is -1.64. The molecule has 1 spiro atoms. The molecule has 0 N–H and O–H groups in total. The lowest BCUT2D eigenvalue weighted by molar-refractivity contribution is -0.137. The molecule has 28 heavy (non-hydrogen) atoms. The summed E-state index contributed by atoms with van der Waals surface area (Å²) in [5.41, 5.74) is 1.64. The van der Waals surface area contributed by atoms with E-state index < -0.39 is 4.33 Å². The van der Waals surface area contributed by atoms with Crippen LogP contribution >= 0.6 is 35.1 Å². The summed E-state index contributed by atoms with van der Waals surface area (Å²) in [6.07, 6.45) is 1.60. The summed E-state index contributed by atoms with van der Waals surface area (Å²) in [4.78, 5) is 27.4. The van der Waals surface area contributed by atoms with E-state index >= 15 is 0 Å². The van der Waals surface area contributed by atoms with Crippen molar-refractivity contribution in [2.75, 3.05) is 18.7 Å². The standard InChI is InChI=1S/C19H22ClN3O3S2/c1-5-8-15-16(18(25)26-6-2)27-19(22(15)4)23(21-17(28-19)12(3)24)14-10-7-9-13(20)11-14/h7,9-11H,5-6,8H2,1-4H3/t19-/m1/s1. The van der Waals surface area contributed by atoms with Crippen LogP contribution in [0.25, 0.3) is 0 Å². The highest BCUT2D eigenvalue weighted by Gasteiger charge is 2.56. The molecule has 0 amide bonds. The molecular weight excluding hydrogens is 418 g/mol. The molecule has 1 aromatic rings. The van der Waals surface area contributed by atoms with Crippen molar-refractivity contribution in [1.29, 1.82) is 0 Å². The summed E-state index contributed by atoms with van der Waals surface area (Å²) in [5.74, 6) is -0.466. The van der Waals surface area contributed by atoms with Gasteiger partial charge in [0.1, 0.15) is 4.91 Å². The number of Topliss-reactive ketones (excluding diaryl/α,β-unsaturated/α-hetero) is 1. The summed E-state index contributed by atoms with van der Waals surface area (Å²) >= 11 is 8.90. The lowest BCUT2D eigenvalue weighted by Crippen LogP contribution is -2.47. The molecule has 9 heteroatoms. The largest absolute Gasteiger partial charge is 0.462 e. The van der Waals surface area contributed by atoms with Crippen molar-refractivity contribution in [1.82, 2.24) is 4.90 Å². The Morgan fingerprint density at radius 2 is 2.04 bits per heavy atom. The molecule has 2 aliphatic heterocycles. The number of hydrogen-bond donors (Lipinski definition) is 0. The van der Waals surface area contributed by atoms with E-state index in [1.165, 1.54) is 30.4 Å². The molecule has 3 rings (SSSR count). The van der Waals surface area contributed by atoms with Crippen LogP contribution in [0.2, 0.25) is 5.02 Å². The molecule has 0 aromatic heterocycles. The van der Waals surface area contributed by atoms with Gasteiger partial charge < -0.3 is 9.64 Å². The number of nitrogens with zero attached hydrogens (tertiary/aromatic N) is 3. The topological polar surface area (TPSA) is 62.2 Å². The number of hydrazone groups is 1. The smallest absolute Gasteiger partial charge is 0.346 e. The van der Waals surface area contributed by atoms with Crippen LogP contribution in [-0.2, 0) is 14.3 Å². The number of carbonyl (C=O) groups excluding carboxylic acids is 2. The SMILES string of the molecule is CCCC1=C(C(=O)OCC)S[C@@]2(SC(C(C)=O)=NN2c2cccc(Cl)c2)N1C. The summed E-state index contributed by atoms with van der Waals surface area (Å²) in [6.45, 7) is 5.65. The molecule has 2 aliphatic rings. The quantitative estimate of drug-likeness (QED) is 0.597. The lowest BCUT2D eigenvalue weighted by atomic mass is 10.2. The fourth-order valence-electron chi connectivity index (χ4n) is 3.05. The summed E-state index contributed by atoms with van der Waals surface area (Å²) < 4.78 is 4.47. The van der Waals surface area contributed by atoms with Gasteiger partial charge in [-0.25, -0.2) is 9.80 Å². The monoisotopic (exact) mass is 439 g/mol. The van der Waals surface area contributed by atoms with Gasteiger partial charge in [0.05, 0.1) is 12.3 Å². The zero-order valence-electron chi connectivity index (χ0n) is 16.2. The number of anilines is 1. The van der Waals surface area contributed by atoms with Crippen LogP contribution in [0.5, 0.6) is 0 Å². The van der Waals surface area contributed by atoms with Crippen molar-refractivity contribution >= 4 is 57.6 Å². The highest BCUT2D eigenvalue weighted by Crippen LogP contribution is 2.59. The molecular formula is C19H22ClN3O3S2. The molecule has 1 atom stereocenters. The fraction of sp³-hybridized carbons (Fsp3) is 0.421. The predicted octanol–water partition coefficient (Wildman–Crippen LogP) is 4.66. The minimum Gasteiger partial charge on any atom is -0.462 e. The number of esters is 1. The number of ketones is 1. The van der Waals surface area contributed by atoms with E-state index in [0.717, 1.165) is 24.2 Å². The average molecular weight is 440 g/mol. The second-order valence-electron chi connectivity index (χ2n) is 6.31. The predicted molar refractivity (Wildman–Crippen MR) is 116 cm³/mol. The fourth-order valence-corrected chi connectivity index (χ4v) is 6.13. The first-order chi connectivity index (χ1) is 13.3. The van der Waals surface area contributed by atoms with Crippen LogP contribution in [0.4, 0.5) is 5.69 Å². The molecule has 0 unspecified atom stereocenters. The number of carbonyl (C=O) groups is 2. The van der Waals surface area contributed by atoms with E-state index in [1.54, 1.807) is 24.1 Å². The lowest BCUT2D eigenvalue weighted by Gasteiger charge is -2.39. The Kier molecular flexibility index (Phi) is 6.31. The second-order valence-corrected chi connectivity index (χ2v) is 9.35. The van der Waals surface area contributed by atoms with Gasteiger partial charge >= 0.3 is 5.97 Å². The summed E-state index contributed by atoms with van der Waals surface area (Å²) in [6, 6.07) is 7.31. The molecule has 1 aromatic carbocycles. The van der Waals surface area contributed by atoms with Crippen LogP contribution in [-0.4, -0.2) is 39.7 Å². The third-order valence-electron chi connectivity index (χ3n) is 4.32. The molecule has 0 aliphatic carbocycles. The molecule has 0 saturated heterocycles. The third-order valence-corrected chi connectivity index (χ3v) is 7.64. The first kappa shape index (κ1) is 21.1. The Balaban J connectivity index is 2.08. The van der Waals surface area contributed by atoms with Gasteiger partial charge in [-0.15, -0.1) is 0 Å². The average Bonchev–Trinajstić information content (AvgIpc) is 3.17. The van der Waals surface area contributed by atoms with Crippen molar-refractivity contribution in [2.45, 2.75) is 37.9 Å². The minimum absolute atomic E-state index is 0.121. The minimum atomic E-state index is -0.821. The van der Waals surface area contributed by atoms with Crippen LogP contribution in [0.3, 0.4) is 0 Å². The maximum absolute atomic E-state index is 12.6. The van der Waals surface area contributed by atoms with E-state index in [0.29, 0.717) is 21.6 Å². The highest BCUT2D eigenvalue weighted by molar-refractivity contribution is 8.28. The molecule has 0 saturated carbocycles. The van der Waals surface area contributed by atoms with E-state index in [9.17, 15) is 9.59 Å². The summed E-state index contributed by atoms with van der Waals surface area (Å²) in [5, 5.41) is 7.31. The molecule has 6 nitrogen and oxygen atoms in total. The van der Waals surface area contributed by atoms with Crippen molar-refractivity contribution < 1.29 is 14.3 Å². The third kappa shape index (κ3) is 3.65. The van der Waals surface area contributed by atoms with Crippen molar-refractivity contribution in [3.8, 4) is 0 Å². The number of halogens is 1. The van der Waals surface area contributed by atoms with Crippen molar-refractivity contribution in [3.05, 3.63) is 39.9 Å². The van der Waals surface area contributed by atoms with E-state index in [4.69, 9.17) is 16.3 Å². The number of benzene rings is 1. The summed E-state index contributed by atoms with van der Waals surface area (Å²) in [7, 11) is 1.92. The Morgan fingerprint density at radius 1 is 1.29 bits per heavy atom. The van der Waals surface area contributed by atoms with Gasteiger partial charge in [-0.2, -0.15) is 5.10 Å². The zero-order valence-corrected chi connectivity index (χ0v) is 18.6. The normalized spacial score (nSPS) is 21.5. The van der Waals surface area contributed by atoms with Gasteiger partial charge in [0.15, 0.2) is 10.8 Å². The van der Waals surface area contributed by atoms with Crippen molar-refractivity contribution in [3.63, 3.8) is 0 Å². The molecule has 0 bridgehead atoms. The zero-order chi connectivity index (χ0) is 20.5. The van der Waals surface area contributed by atoms with Crippen LogP contribution in [0.15, 0.2) is 40.0 Å². The maximum atomic E-state index is 12.6. The molecule has 150 valence electrons. The van der Waals surface area contributed by atoms with Gasteiger partial charge in [-0.1, -0.05) is 42.8 Å². The van der Waals surface area contributed by atoms with Gasteiger partial charge in [0.2, 0.25) is 4.33 Å². The molecule has 0 fully saturated rings. The number of allylic oxidation sites excluding steroid dienone is 1. The number of thioether (sulfide) groups is 2. The van der Waals surface area contributed by atoms with E-state index in [2.05, 4.69) is 12.0 Å². The number of hydrogen-bond acceptors (Lipinski definition) is 8. The molecule has 2 heterocycles. The van der Waals surface area contributed by atoms with Gasteiger partial charge in [0, 0.05) is 24.7 Å². The van der Waals surface area contributed by atoms with Crippen molar-refractivity contribution in [2.24, 2.45) is 5.10 Å². The number of ether oxygens (including phenoxy) is 1. The number of rotatable bonds is 6. The van der Waals surface area contributed by atoms with E-state index in [1.807, 2.05) is 24.1 Å². The Labute approximate surface area is 178 Å². The Morgan fingerprint density at radius 3 is 2.64 bits per heavy atom. The maximum Gasteiger partial charge on any atom is 0.346 e. The van der Waals surface area contributed by atoms with Gasteiger partial charge in [0.25, 0.3) is 0 Å². The second kappa shape index (κ2) is 8.39. The first-order valence-corrected chi connectivity index (χ1v) is 11.0. The Bertz CT molecular complexity index is 874. The van der Waals surface area contributed by atoms with Crippen LogP contribution in [0.1, 0.15) is 33.6 Å². The van der Waals surface area contributed by atoms with Gasteiger partial charge in [-0.05, 0) is 43.3 Å². The van der Waals surface area contributed by atoms with E-state index in [-0.39, 0.29) is 11.8 Å². The first-order valence-electron chi connectivity index (χ1n) is 9.01. The van der Waals surface area contributed by atoms with Crippen LogP contribution < -0.4 is 5.01 Å².